The molecule has 0 aliphatic carbocycles. The summed E-state index contributed by atoms with van der Waals surface area (Å²) in [5.74, 6) is 0.0671. The second-order valence-corrected chi connectivity index (χ2v) is 4.44. The normalized spacial score (nSPS) is 34.8. The van der Waals surface area contributed by atoms with Crippen molar-refractivity contribution in [2.45, 2.75) is 37.2 Å². The van der Waals surface area contributed by atoms with Crippen LogP contribution in [0.5, 0.6) is 0 Å². The molecule has 74 valence electrons. The first-order valence-corrected chi connectivity index (χ1v) is 5.18. The number of hydrogen-bond donors (Lipinski definition) is 0. The number of carbonyl (C=O) groups is 1. The Morgan fingerprint density at radius 1 is 1.46 bits per heavy atom. The summed E-state index contributed by atoms with van der Waals surface area (Å²) in [6, 6.07) is 0.569. The van der Waals surface area contributed by atoms with Gasteiger partial charge in [0.05, 0.1) is 25.3 Å². The Morgan fingerprint density at radius 3 is 2.46 bits per heavy atom. The second kappa shape index (κ2) is 3.46. The monoisotopic (exact) mass is 203 g/mol. The molecule has 0 radical (unpaired) electrons. The fourth-order valence-corrected chi connectivity index (χ4v) is 2.31. The molecule has 2 rings (SSSR count). The molecule has 3 nitrogen and oxygen atoms in total. The summed E-state index contributed by atoms with van der Waals surface area (Å²) in [7, 11) is 0. The van der Waals surface area contributed by atoms with Crippen LogP contribution in [0, 0.1) is 0 Å². The van der Waals surface area contributed by atoms with E-state index in [4.69, 9.17) is 16.3 Å². The first-order chi connectivity index (χ1) is 6.20. The Morgan fingerprint density at radius 2 is 2.00 bits per heavy atom. The minimum atomic E-state index is -0.402. The first-order valence-electron chi connectivity index (χ1n) is 4.74. The van der Waals surface area contributed by atoms with Gasteiger partial charge in [0.1, 0.15) is 5.38 Å². The maximum Gasteiger partial charge on any atom is 0.240 e. The predicted octanol–water partition coefficient (Wildman–Crippen LogP) is 1.00. The zero-order valence-corrected chi connectivity index (χ0v) is 8.46. The summed E-state index contributed by atoms with van der Waals surface area (Å²) in [5.41, 5.74) is 0. The lowest BCUT2D eigenvalue weighted by molar-refractivity contribution is -0.140. The zero-order chi connectivity index (χ0) is 9.42. The summed E-state index contributed by atoms with van der Waals surface area (Å²) in [5, 5.41) is -0.402. The topological polar surface area (TPSA) is 29.5 Å². The van der Waals surface area contributed by atoms with Crippen molar-refractivity contribution < 1.29 is 9.53 Å². The molecule has 0 spiro atoms. The summed E-state index contributed by atoms with van der Waals surface area (Å²) in [6.07, 6.45) is 2.14. The number of rotatable bonds is 1. The predicted molar refractivity (Wildman–Crippen MR) is 49.8 cm³/mol. The number of hydrogen-bond acceptors (Lipinski definition) is 2. The molecule has 2 bridgehead atoms. The first kappa shape index (κ1) is 9.28. The Hall–Kier alpha value is -0.280. The summed E-state index contributed by atoms with van der Waals surface area (Å²) >= 11 is 5.79. The molecular weight excluding hydrogens is 190 g/mol. The van der Waals surface area contributed by atoms with Crippen LogP contribution in [0.3, 0.4) is 0 Å². The fourth-order valence-electron chi connectivity index (χ4n) is 2.19. The van der Waals surface area contributed by atoms with Gasteiger partial charge in [-0.15, -0.1) is 11.6 Å². The van der Waals surface area contributed by atoms with Crippen LogP contribution in [0.4, 0.5) is 0 Å². The van der Waals surface area contributed by atoms with Gasteiger partial charge in [0.25, 0.3) is 0 Å². The van der Waals surface area contributed by atoms with Gasteiger partial charge in [0.15, 0.2) is 0 Å². The quantitative estimate of drug-likeness (QED) is 0.596. The number of nitrogens with zero attached hydrogens (tertiary/aromatic N) is 1. The number of ether oxygens (including phenoxy) is 1. The molecule has 0 aromatic carbocycles. The highest BCUT2D eigenvalue weighted by molar-refractivity contribution is 6.30. The van der Waals surface area contributed by atoms with Crippen molar-refractivity contribution in [1.29, 1.82) is 0 Å². The van der Waals surface area contributed by atoms with Crippen molar-refractivity contribution in [3.8, 4) is 0 Å². The molecule has 2 heterocycles. The minimum Gasteiger partial charge on any atom is -0.377 e. The molecule has 0 N–H and O–H groups in total. The molecule has 0 saturated carbocycles. The van der Waals surface area contributed by atoms with Gasteiger partial charge in [-0.25, -0.2) is 0 Å². The molecule has 2 fully saturated rings. The molecular formula is C9H14ClNO2. The zero-order valence-electron chi connectivity index (χ0n) is 7.70. The van der Waals surface area contributed by atoms with Gasteiger partial charge in [-0.1, -0.05) is 0 Å². The Bertz CT molecular complexity index is 204. The van der Waals surface area contributed by atoms with Gasteiger partial charge in [0, 0.05) is 0 Å². The number of fused-ring (bicyclic) bond motifs is 2. The molecule has 2 aliphatic heterocycles. The smallest absolute Gasteiger partial charge is 0.240 e. The van der Waals surface area contributed by atoms with Crippen molar-refractivity contribution in [2.75, 3.05) is 13.2 Å². The van der Waals surface area contributed by atoms with Crippen molar-refractivity contribution in [3.05, 3.63) is 0 Å². The third-order valence-electron chi connectivity index (χ3n) is 2.84. The van der Waals surface area contributed by atoms with Crippen molar-refractivity contribution >= 4 is 17.5 Å². The van der Waals surface area contributed by atoms with E-state index >= 15 is 0 Å². The molecule has 2 aliphatic rings. The Labute approximate surface area is 83.0 Å². The van der Waals surface area contributed by atoms with Crippen LogP contribution in [0.15, 0.2) is 0 Å². The van der Waals surface area contributed by atoms with Crippen molar-refractivity contribution in [1.82, 2.24) is 4.90 Å². The Balaban J connectivity index is 2.10. The average molecular weight is 204 g/mol. The molecule has 3 unspecified atom stereocenters. The number of carbonyl (C=O) groups excluding carboxylic acids is 1. The van der Waals surface area contributed by atoms with Gasteiger partial charge in [-0.05, 0) is 19.8 Å². The van der Waals surface area contributed by atoms with E-state index in [1.165, 1.54) is 0 Å². The largest absolute Gasteiger partial charge is 0.377 e. The van der Waals surface area contributed by atoms with Gasteiger partial charge < -0.3 is 9.64 Å². The number of morpholine rings is 1. The van der Waals surface area contributed by atoms with Crippen LogP contribution < -0.4 is 0 Å². The third-order valence-corrected chi connectivity index (χ3v) is 3.02. The average Bonchev–Trinajstić information content (AvgIpc) is 2.34. The van der Waals surface area contributed by atoms with E-state index in [1.54, 1.807) is 6.92 Å². The highest BCUT2D eigenvalue weighted by Crippen LogP contribution is 2.29. The van der Waals surface area contributed by atoms with Crippen LogP contribution in [-0.2, 0) is 9.53 Å². The molecule has 1 amide bonds. The van der Waals surface area contributed by atoms with Crippen molar-refractivity contribution in [3.63, 3.8) is 0 Å². The standard InChI is InChI=1S/C9H14ClNO2/c1-6(10)9(12)11-7-2-3-8(11)5-13-4-7/h6-8H,2-5H2,1H3. The van der Waals surface area contributed by atoms with E-state index in [2.05, 4.69) is 0 Å². The van der Waals surface area contributed by atoms with E-state index in [9.17, 15) is 4.79 Å². The van der Waals surface area contributed by atoms with Gasteiger partial charge >= 0.3 is 0 Å². The number of amides is 1. The third kappa shape index (κ3) is 1.55. The number of halogens is 1. The molecule has 4 heteroatoms. The van der Waals surface area contributed by atoms with E-state index in [0.717, 1.165) is 12.8 Å². The maximum atomic E-state index is 11.7. The van der Waals surface area contributed by atoms with Gasteiger partial charge in [0.2, 0.25) is 5.91 Å². The van der Waals surface area contributed by atoms with Crippen LogP contribution in [-0.4, -0.2) is 41.5 Å². The van der Waals surface area contributed by atoms with Gasteiger partial charge in [-0.3, -0.25) is 4.79 Å². The molecule has 13 heavy (non-hydrogen) atoms. The van der Waals surface area contributed by atoms with E-state index in [1.807, 2.05) is 4.90 Å². The van der Waals surface area contributed by atoms with E-state index < -0.39 is 5.38 Å². The summed E-state index contributed by atoms with van der Waals surface area (Å²) in [4.78, 5) is 13.6. The minimum absolute atomic E-state index is 0.0671. The van der Waals surface area contributed by atoms with Crippen LogP contribution in [0.2, 0.25) is 0 Å². The lowest BCUT2D eigenvalue weighted by atomic mass is 10.2. The second-order valence-electron chi connectivity index (χ2n) is 3.78. The maximum absolute atomic E-state index is 11.7. The summed E-state index contributed by atoms with van der Waals surface area (Å²) < 4.78 is 5.38. The molecule has 2 saturated heterocycles. The Kier molecular flexibility index (Phi) is 2.47. The fraction of sp³-hybridized carbons (Fsp3) is 0.889. The lowest BCUT2D eigenvalue weighted by Gasteiger charge is -2.35. The van der Waals surface area contributed by atoms with Gasteiger partial charge in [-0.2, -0.15) is 0 Å². The molecule has 0 aromatic heterocycles. The van der Waals surface area contributed by atoms with Crippen LogP contribution in [0.25, 0.3) is 0 Å². The van der Waals surface area contributed by atoms with Crippen LogP contribution in [0.1, 0.15) is 19.8 Å². The SMILES string of the molecule is CC(Cl)C(=O)N1C2CCC1COC2. The number of alkyl halides is 1. The summed E-state index contributed by atoms with van der Waals surface area (Å²) in [6.45, 7) is 3.11. The lowest BCUT2D eigenvalue weighted by Crippen LogP contribution is -2.51. The highest BCUT2D eigenvalue weighted by Gasteiger charge is 2.41. The van der Waals surface area contributed by atoms with E-state index in [0.29, 0.717) is 13.2 Å². The van der Waals surface area contributed by atoms with Crippen LogP contribution >= 0.6 is 11.6 Å². The van der Waals surface area contributed by atoms with E-state index in [-0.39, 0.29) is 18.0 Å². The van der Waals surface area contributed by atoms with Crippen molar-refractivity contribution in [2.24, 2.45) is 0 Å². The molecule has 0 aromatic rings. The molecule has 3 atom stereocenters. The highest BCUT2D eigenvalue weighted by atomic mass is 35.5.